The summed E-state index contributed by atoms with van der Waals surface area (Å²) in [6.45, 7) is 1.59. The summed E-state index contributed by atoms with van der Waals surface area (Å²) >= 11 is 0. The number of sulfone groups is 1. The highest BCUT2D eigenvalue weighted by molar-refractivity contribution is 7.91. The molecule has 2 heterocycles. The fraction of sp³-hybridized carbons (Fsp3) is 0.700. The highest BCUT2D eigenvalue weighted by Crippen LogP contribution is 2.26. The third-order valence-electron chi connectivity index (χ3n) is 3.23. The Hall–Kier alpha value is -1.44. The molecule has 0 aromatic carbocycles. The standard InChI is InChI=1S/C10H14N2O5S/c1-6-8(4-9(13)14)10(15)12(11-6)7-2-3-18(16,17)5-7/h7-8H,2-5H2,1H3,(H,13,14). The molecule has 8 heteroatoms. The van der Waals surface area contributed by atoms with Crippen molar-refractivity contribution in [2.45, 2.75) is 25.8 Å². The summed E-state index contributed by atoms with van der Waals surface area (Å²) in [5, 5.41) is 13.9. The van der Waals surface area contributed by atoms with Crippen molar-refractivity contribution in [2.75, 3.05) is 11.5 Å². The Morgan fingerprint density at radius 1 is 1.56 bits per heavy atom. The number of carboxylic acids is 1. The maximum absolute atomic E-state index is 12.0. The second-order valence-corrected chi connectivity index (χ2v) is 6.86. The quantitative estimate of drug-likeness (QED) is 0.746. The van der Waals surface area contributed by atoms with Crippen LogP contribution < -0.4 is 0 Å². The third-order valence-corrected chi connectivity index (χ3v) is 4.98. The molecule has 2 atom stereocenters. The molecule has 1 saturated heterocycles. The summed E-state index contributed by atoms with van der Waals surface area (Å²) in [6, 6.07) is -0.448. The Balaban J connectivity index is 2.14. The molecule has 1 fully saturated rings. The summed E-state index contributed by atoms with van der Waals surface area (Å²) in [4.78, 5) is 22.7. The number of aliphatic carboxylic acids is 1. The Kier molecular flexibility index (Phi) is 3.14. The van der Waals surface area contributed by atoms with Gasteiger partial charge >= 0.3 is 5.97 Å². The molecule has 7 nitrogen and oxygen atoms in total. The van der Waals surface area contributed by atoms with Crippen LogP contribution in [0.5, 0.6) is 0 Å². The van der Waals surface area contributed by atoms with Crippen molar-refractivity contribution in [2.24, 2.45) is 11.0 Å². The molecule has 2 rings (SSSR count). The van der Waals surface area contributed by atoms with Crippen LogP contribution in [0.4, 0.5) is 0 Å². The molecule has 1 amide bonds. The topological polar surface area (TPSA) is 104 Å². The van der Waals surface area contributed by atoms with Crippen LogP contribution in [0.1, 0.15) is 19.8 Å². The SMILES string of the molecule is CC1=NN(C2CCS(=O)(=O)C2)C(=O)C1CC(=O)O. The fourth-order valence-electron chi connectivity index (χ4n) is 2.27. The van der Waals surface area contributed by atoms with Gasteiger partial charge in [0.05, 0.1) is 29.9 Å². The van der Waals surface area contributed by atoms with E-state index in [1.807, 2.05) is 0 Å². The first-order chi connectivity index (χ1) is 8.30. The van der Waals surface area contributed by atoms with Gasteiger partial charge in [0.25, 0.3) is 5.91 Å². The number of hydrogen-bond donors (Lipinski definition) is 1. The minimum atomic E-state index is -3.09. The molecule has 0 bridgehead atoms. The highest BCUT2D eigenvalue weighted by Gasteiger charge is 2.42. The second-order valence-electron chi connectivity index (χ2n) is 4.63. The molecule has 2 unspecified atom stereocenters. The first-order valence-electron chi connectivity index (χ1n) is 5.60. The number of hydrazone groups is 1. The molecule has 1 N–H and O–H groups in total. The van der Waals surface area contributed by atoms with Gasteiger partial charge in [-0.25, -0.2) is 13.4 Å². The van der Waals surface area contributed by atoms with E-state index >= 15 is 0 Å². The van der Waals surface area contributed by atoms with Gasteiger partial charge in [-0.1, -0.05) is 0 Å². The van der Waals surface area contributed by atoms with Gasteiger partial charge in [0.2, 0.25) is 0 Å². The number of rotatable bonds is 3. The molecule has 2 aliphatic rings. The van der Waals surface area contributed by atoms with E-state index in [0.717, 1.165) is 5.01 Å². The van der Waals surface area contributed by atoms with E-state index in [1.54, 1.807) is 6.92 Å². The fourth-order valence-corrected chi connectivity index (χ4v) is 3.96. The van der Waals surface area contributed by atoms with Crippen LogP contribution in [0.15, 0.2) is 5.10 Å². The average Bonchev–Trinajstić information content (AvgIpc) is 2.72. The van der Waals surface area contributed by atoms with Crippen LogP contribution in [-0.2, 0) is 19.4 Å². The molecule has 18 heavy (non-hydrogen) atoms. The van der Waals surface area contributed by atoms with E-state index in [2.05, 4.69) is 5.10 Å². The van der Waals surface area contributed by atoms with Gasteiger partial charge in [-0.3, -0.25) is 9.59 Å². The smallest absolute Gasteiger partial charge is 0.304 e. The van der Waals surface area contributed by atoms with Crippen LogP contribution >= 0.6 is 0 Å². The van der Waals surface area contributed by atoms with Gasteiger partial charge in [0, 0.05) is 5.71 Å². The maximum atomic E-state index is 12.0. The Labute approximate surface area is 104 Å². The largest absolute Gasteiger partial charge is 0.481 e. The van der Waals surface area contributed by atoms with Crippen molar-refractivity contribution in [1.82, 2.24) is 5.01 Å². The summed E-state index contributed by atoms with van der Waals surface area (Å²) in [7, 11) is -3.09. The molecule has 0 saturated carbocycles. The van der Waals surface area contributed by atoms with E-state index < -0.39 is 33.7 Å². The lowest BCUT2D eigenvalue weighted by molar-refractivity contribution is -0.142. The Morgan fingerprint density at radius 2 is 2.22 bits per heavy atom. The zero-order valence-corrected chi connectivity index (χ0v) is 10.7. The molecular formula is C10H14N2O5S. The second kappa shape index (κ2) is 4.34. The number of carbonyl (C=O) groups is 2. The number of nitrogens with zero attached hydrogens (tertiary/aromatic N) is 2. The predicted molar refractivity (Wildman–Crippen MR) is 62.8 cm³/mol. The average molecular weight is 274 g/mol. The first-order valence-corrected chi connectivity index (χ1v) is 7.42. The summed E-state index contributed by atoms with van der Waals surface area (Å²) in [5.74, 6) is -2.26. The molecule has 0 aromatic rings. The van der Waals surface area contributed by atoms with E-state index in [-0.39, 0.29) is 17.9 Å². The van der Waals surface area contributed by atoms with Crippen LogP contribution in [-0.4, -0.2) is 53.7 Å². The number of amides is 1. The lowest BCUT2D eigenvalue weighted by atomic mass is 10.0. The van der Waals surface area contributed by atoms with Gasteiger partial charge in [-0.2, -0.15) is 5.10 Å². The molecule has 2 aliphatic heterocycles. The Bertz CT molecular complexity index is 524. The number of carbonyl (C=O) groups excluding carboxylic acids is 1. The van der Waals surface area contributed by atoms with E-state index in [1.165, 1.54) is 0 Å². The molecular weight excluding hydrogens is 260 g/mol. The summed E-state index contributed by atoms with van der Waals surface area (Å²) < 4.78 is 22.7. The van der Waals surface area contributed by atoms with Crippen LogP contribution in [0, 0.1) is 5.92 Å². The van der Waals surface area contributed by atoms with Crippen molar-refractivity contribution in [3.05, 3.63) is 0 Å². The molecule has 0 spiro atoms. The summed E-state index contributed by atoms with van der Waals surface area (Å²) in [5.41, 5.74) is 0.437. The van der Waals surface area contributed by atoms with Crippen LogP contribution in [0.2, 0.25) is 0 Å². The monoisotopic (exact) mass is 274 g/mol. The lowest BCUT2D eigenvalue weighted by Crippen LogP contribution is -2.37. The van der Waals surface area contributed by atoms with Crippen molar-refractivity contribution in [3.8, 4) is 0 Å². The minimum absolute atomic E-state index is 0.0552. The van der Waals surface area contributed by atoms with Crippen molar-refractivity contribution in [3.63, 3.8) is 0 Å². The van der Waals surface area contributed by atoms with Gasteiger partial charge in [0.1, 0.15) is 0 Å². The zero-order chi connectivity index (χ0) is 13.5. The van der Waals surface area contributed by atoms with Crippen molar-refractivity contribution >= 4 is 27.4 Å². The summed E-state index contributed by atoms with van der Waals surface area (Å²) in [6.07, 6.45) is 0.0643. The Morgan fingerprint density at radius 3 is 2.72 bits per heavy atom. The number of carboxylic acid groups (broad SMARTS) is 1. The number of hydrogen-bond acceptors (Lipinski definition) is 5. The van der Waals surface area contributed by atoms with Gasteiger partial charge in [-0.05, 0) is 13.3 Å². The third kappa shape index (κ3) is 2.38. The van der Waals surface area contributed by atoms with Crippen molar-refractivity contribution < 1.29 is 23.1 Å². The van der Waals surface area contributed by atoms with Crippen LogP contribution in [0.3, 0.4) is 0 Å². The molecule has 100 valence electrons. The maximum Gasteiger partial charge on any atom is 0.304 e. The first kappa shape index (κ1) is 13.0. The highest BCUT2D eigenvalue weighted by atomic mass is 32.2. The molecule has 0 aliphatic carbocycles. The molecule has 0 aromatic heterocycles. The normalized spacial score (nSPS) is 30.6. The van der Waals surface area contributed by atoms with E-state index in [0.29, 0.717) is 12.1 Å². The molecule has 0 radical (unpaired) electrons. The van der Waals surface area contributed by atoms with Crippen molar-refractivity contribution in [1.29, 1.82) is 0 Å². The van der Waals surface area contributed by atoms with E-state index in [4.69, 9.17) is 5.11 Å². The lowest BCUT2D eigenvalue weighted by Gasteiger charge is -2.19. The zero-order valence-electron chi connectivity index (χ0n) is 9.87. The predicted octanol–water partition coefficient (Wildman–Crippen LogP) is -0.517. The van der Waals surface area contributed by atoms with E-state index in [9.17, 15) is 18.0 Å². The minimum Gasteiger partial charge on any atom is -0.481 e. The van der Waals surface area contributed by atoms with Crippen LogP contribution in [0.25, 0.3) is 0 Å². The van der Waals surface area contributed by atoms with Gasteiger partial charge < -0.3 is 5.11 Å². The van der Waals surface area contributed by atoms with Gasteiger partial charge in [-0.15, -0.1) is 0 Å². The van der Waals surface area contributed by atoms with Gasteiger partial charge in [0.15, 0.2) is 9.84 Å².